The fraction of sp³-hybridized carbons (Fsp3) is 0.364. The third-order valence-electron chi connectivity index (χ3n) is 3.09. The monoisotopic (exact) mass is 340 g/mol. The van der Waals surface area contributed by atoms with Gasteiger partial charge in [0.05, 0.1) is 6.54 Å². The van der Waals surface area contributed by atoms with Gasteiger partial charge in [0.2, 0.25) is 0 Å². The van der Waals surface area contributed by atoms with Crippen molar-refractivity contribution in [2.75, 3.05) is 5.88 Å². The van der Waals surface area contributed by atoms with Crippen molar-refractivity contribution < 1.29 is 19.2 Å². The summed E-state index contributed by atoms with van der Waals surface area (Å²) in [5.74, 6) is -2.17. The van der Waals surface area contributed by atoms with Crippen LogP contribution in [0.5, 0.6) is 0 Å². The molecule has 0 aromatic carbocycles. The first-order valence-electron chi connectivity index (χ1n) is 6.48. The van der Waals surface area contributed by atoms with Gasteiger partial charge in [0.25, 0.3) is 11.8 Å². The number of carbonyl (C=O) groups excluding carboxylic acids is 3. The number of imide groups is 1. The molecule has 3 rings (SSSR count). The molecule has 12 heteroatoms. The largest absolute Gasteiger partial charge is 0.386 e. The number of aryl methyl sites for hydroxylation is 1. The van der Waals surface area contributed by atoms with E-state index in [4.69, 9.17) is 16.4 Å². The standard InChI is InChI=1S/C11H9ClN6O5/c12-3-4-17-11(22)16-5-13-8(9(16)14-15-17)10(21)23-18-6(19)1-2-7(18)20/h5H,1-4H2. The first-order chi connectivity index (χ1) is 11.0. The summed E-state index contributed by atoms with van der Waals surface area (Å²) >= 11 is 5.54. The summed E-state index contributed by atoms with van der Waals surface area (Å²) in [6.45, 7) is 0.137. The first kappa shape index (κ1) is 15.1. The summed E-state index contributed by atoms with van der Waals surface area (Å²) in [4.78, 5) is 55.4. The number of amides is 2. The molecule has 2 aromatic heterocycles. The smallest absolute Gasteiger partial charge is 0.323 e. The molecule has 0 saturated carbocycles. The molecule has 1 saturated heterocycles. The average molecular weight is 341 g/mol. The third kappa shape index (κ3) is 2.54. The summed E-state index contributed by atoms with van der Waals surface area (Å²) in [6.07, 6.45) is 1.01. The van der Waals surface area contributed by atoms with Gasteiger partial charge in [0.1, 0.15) is 6.33 Å². The van der Waals surface area contributed by atoms with Crippen molar-refractivity contribution >= 4 is 35.0 Å². The highest BCUT2D eigenvalue weighted by molar-refractivity contribution is 6.17. The van der Waals surface area contributed by atoms with Crippen LogP contribution in [0.4, 0.5) is 0 Å². The molecule has 0 atom stereocenters. The van der Waals surface area contributed by atoms with E-state index < -0.39 is 23.5 Å². The van der Waals surface area contributed by atoms with E-state index in [1.165, 1.54) is 0 Å². The maximum absolute atomic E-state index is 12.1. The van der Waals surface area contributed by atoms with Crippen molar-refractivity contribution in [2.45, 2.75) is 19.4 Å². The number of alkyl halides is 1. The van der Waals surface area contributed by atoms with Crippen LogP contribution in [0.2, 0.25) is 0 Å². The van der Waals surface area contributed by atoms with Crippen LogP contribution in [0.1, 0.15) is 23.3 Å². The van der Waals surface area contributed by atoms with Gasteiger partial charge in [0, 0.05) is 18.7 Å². The molecule has 3 heterocycles. The first-order valence-corrected chi connectivity index (χ1v) is 7.01. The predicted octanol–water partition coefficient (Wildman–Crippen LogP) is -1.25. The lowest BCUT2D eigenvalue weighted by Crippen LogP contribution is -2.33. The quantitative estimate of drug-likeness (QED) is 0.498. The van der Waals surface area contributed by atoms with E-state index in [9.17, 15) is 19.2 Å². The van der Waals surface area contributed by atoms with Crippen LogP contribution in [0.15, 0.2) is 11.1 Å². The zero-order valence-electron chi connectivity index (χ0n) is 11.5. The molecular weight excluding hydrogens is 332 g/mol. The number of aromatic nitrogens is 5. The second kappa shape index (κ2) is 5.76. The maximum atomic E-state index is 12.1. The number of halogens is 1. The highest BCUT2D eigenvalue weighted by Crippen LogP contribution is 2.14. The number of rotatable bonds is 4. The molecule has 23 heavy (non-hydrogen) atoms. The number of nitrogens with zero attached hydrogens (tertiary/aromatic N) is 6. The van der Waals surface area contributed by atoms with E-state index >= 15 is 0 Å². The highest BCUT2D eigenvalue weighted by Gasteiger charge is 2.34. The van der Waals surface area contributed by atoms with Crippen LogP contribution in [0.3, 0.4) is 0 Å². The Hall–Kier alpha value is -2.82. The minimum atomic E-state index is -1.08. The van der Waals surface area contributed by atoms with Gasteiger partial charge >= 0.3 is 11.7 Å². The second-order valence-corrected chi connectivity index (χ2v) is 4.91. The molecule has 0 aliphatic carbocycles. The summed E-state index contributed by atoms with van der Waals surface area (Å²) in [5, 5.41) is 7.73. The van der Waals surface area contributed by atoms with Crippen molar-refractivity contribution in [1.82, 2.24) is 29.4 Å². The third-order valence-corrected chi connectivity index (χ3v) is 3.26. The Kier molecular flexibility index (Phi) is 3.78. The molecule has 1 aliphatic rings. The van der Waals surface area contributed by atoms with Gasteiger partial charge < -0.3 is 4.84 Å². The Bertz CT molecular complexity index is 857. The van der Waals surface area contributed by atoms with Crippen LogP contribution < -0.4 is 5.69 Å². The molecular formula is C11H9ClN6O5. The van der Waals surface area contributed by atoms with E-state index in [-0.39, 0.29) is 36.6 Å². The number of hydrogen-bond acceptors (Lipinski definition) is 8. The van der Waals surface area contributed by atoms with Gasteiger partial charge in [-0.1, -0.05) is 5.21 Å². The van der Waals surface area contributed by atoms with Gasteiger partial charge in [0.15, 0.2) is 11.3 Å². The lowest BCUT2D eigenvalue weighted by molar-refractivity contribution is -0.172. The second-order valence-electron chi connectivity index (χ2n) is 4.53. The maximum Gasteiger partial charge on any atom is 0.386 e. The Balaban J connectivity index is 1.93. The van der Waals surface area contributed by atoms with E-state index in [1.807, 2.05) is 0 Å². The van der Waals surface area contributed by atoms with Crippen LogP contribution in [-0.2, 0) is 21.0 Å². The van der Waals surface area contributed by atoms with Crippen LogP contribution in [0.25, 0.3) is 5.65 Å². The molecule has 1 aliphatic heterocycles. The molecule has 0 unspecified atom stereocenters. The Morgan fingerprint density at radius 3 is 2.61 bits per heavy atom. The molecule has 0 radical (unpaired) electrons. The molecule has 120 valence electrons. The van der Waals surface area contributed by atoms with Crippen molar-refractivity contribution in [3.05, 3.63) is 22.5 Å². The van der Waals surface area contributed by atoms with Gasteiger partial charge in [-0.3, -0.25) is 9.59 Å². The zero-order valence-corrected chi connectivity index (χ0v) is 12.3. The number of fused-ring (bicyclic) bond motifs is 1. The van der Waals surface area contributed by atoms with Gasteiger partial charge in [-0.05, 0) is 0 Å². The summed E-state index contributed by atoms with van der Waals surface area (Å²) in [7, 11) is 0. The minimum absolute atomic E-state index is 0.0288. The van der Waals surface area contributed by atoms with Crippen molar-refractivity contribution in [2.24, 2.45) is 0 Å². The molecule has 0 spiro atoms. The van der Waals surface area contributed by atoms with Crippen LogP contribution >= 0.6 is 11.6 Å². The fourth-order valence-corrected chi connectivity index (χ4v) is 2.14. The van der Waals surface area contributed by atoms with E-state index in [0.717, 1.165) is 15.4 Å². The normalized spacial score (nSPS) is 14.7. The number of carbonyl (C=O) groups is 3. The predicted molar refractivity (Wildman–Crippen MR) is 72.3 cm³/mol. The molecule has 2 aromatic rings. The lowest BCUT2D eigenvalue weighted by Gasteiger charge is -2.11. The van der Waals surface area contributed by atoms with E-state index in [1.54, 1.807) is 0 Å². The SMILES string of the molecule is O=C(ON1C(=O)CCC1=O)c1ncn2c(=O)n(CCCl)nnc12. The van der Waals surface area contributed by atoms with Gasteiger partial charge in [-0.25, -0.2) is 19.0 Å². The van der Waals surface area contributed by atoms with Crippen molar-refractivity contribution in [3.8, 4) is 0 Å². The van der Waals surface area contributed by atoms with Gasteiger partial charge in [-0.15, -0.1) is 21.8 Å². The van der Waals surface area contributed by atoms with Crippen LogP contribution in [-0.4, -0.2) is 53.1 Å². The number of hydroxylamine groups is 2. The van der Waals surface area contributed by atoms with E-state index in [2.05, 4.69) is 15.3 Å². The Morgan fingerprint density at radius 1 is 1.26 bits per heavy atom. The molecule has 2 amide bonds. The molecule has 0 bridgehead atoms. The summed E-state index contributed by atoms with van der Waals surface area (Å²) < 4.78 is 1.99. The average Bonchev–Trinajstić information content (AvgIpc) is 3.09. The van der Waals surface area contributed by atoms with Crippen molar-refractivity contribution in [1.29, 1.82) is 0 Å². The highest BCUT2D eigenvalue weighted by atomic mass is 35.5. The fourth-order valence-electron chi connectivity index (χ4n) is 1.98. The Morgan fingerprint density at radius 2 is 1.96 bits per heavy atom. The molecule has 11 nitrogen and oxygen atoms in total. The van der Waals surface area contributed by atoms with Crippen LogP contribution in [0, 0.1) is 0 Å². The summed E-state index contributed by atoms with van der Waals surface area (Å²) in [5.41, 5.74) is -1.07. The summed E-state index contributed by atoms with van der Waals surface area (Å²) in [6, 6.07) is 0. The van der Waals surface area contributed by atoms with Gasteiger partial charge in [-0.2, -0.15) is 4.68 Å². The number of hydrogen-bond donors (Lipinski definition) is 0. The Labute approximate surface area is 132 Å². The topological polar surface area (TPSA) is 129 Å². The molecule has 0 N–H and O–H groups in total. The lowest BCUT2D eigenvalue weighted by atomic mass is 10.4. The molecule has 1 fully saturated rings. The van der Waals surface area contributed by atoms with Crippen molar-refractivity contribution in [3.63, 3.8) is 0 Å². The number of imidazole rings is 1. The van der Waals surface area contributed by atoms with E-state index in [0.29, 0.717) is 5.06 Å². The minimum Gasteiger partial charge on any atom is -0.323 e. The zero-order chi connectivity index (χ0) is 16.6.